The fourth-order valence-electron chi connectivity index (χ4n) is 2.18. The number of ether oxygens (including phenoxy) is 3. The molecule has 0 bridgehead atoms. The first kappa shape index (κ1) is 17.8. The number of fused-ring (bicyclic) bond motifs is 1. The highest BCUT2D eigenvalue weighted by molar-refractivity contribution is 5.93. The number of aliphatic hydroxyl groups excluding tert-OH is 1. The summed E-state index contributed by atoms with van der Waals surface area (Å²) in [5.74, 6) is 0.899. The van der Waals surface area contributed by atoms with Crippen LogP contribution in [0.3, 0.4) is 0 Å². The zero-order valence-corrected chi connectivity index (χ0v) is 14.0. The van der Waals surface area contributed by atoms with E-state index < -0.39 is 12.1 Å². The number of carbonyl (C=O) groups excluding carboxylic acids is 1. The van der Waals surface area contributed by atoms with Crippen LogP contribution in [0.5, 0.6) is 11.5 Å². The Hall–Kier alpha value is -2.53. The zero-order chi connectivity index (χ0) is 17.5. The molecule has 1 unspecified atom stereocenters. The molecule has 1 N–H and O–H groups in total. The third kappa shape index (κ3) is 4.49. The Kier molecular flexibility index (Phi) is 6.21. The normalized spacial score (nSPS) is 11.8. The molecule has 0 spiro atoms. The van der Waals surface area contributed by atoms with Gasteiger partial charge in [-0.15, -0.1) is 0 Å². The number of hydrogen-bond donors (Lipinski definition) is 1. The van der Waals surface area contributed by atoms with Crippen molar-refractivity contribution in [3.63, 3.8) is 0 Å². The van der Waals surface area contributed by atoms with Gasteiger partial charge in [0, 0.05) is 16.3 Å². The van der Waals surface area contributed by atoms with Crippen LogP contribution in [0.25, 0.3) is 10.8 Å². The Morgan fingerprint density at radius 1 is 1.08 bits per heavy atom. The predicted octanol–water partition coefficient (Wildman–Crippen LogP) is 3.10. The second-order valence-electron chi connectivity index (χ2n) is 5.38. The Bertz CT molecular complexity index is 723. The highest BCUT2D eigenvalue weighted by atomic mass is 16.5. The molecule has 5 heteroatoms. The van der Waals surface area contributed by atoms with Gasteiger partial charge in [0.05, 0.1) is 6.61 Å². The summed E-state index contributed by atoms with van der Waals surface area (Å²) in [6, 6.07) is 11.4. The lowest BCUT2D eigenvalue weighted by atomic mass is 10.1. The second kappa shape index (κ2) is 8.36. The Balaban J connectivity index is 2.04. The summed E-state index contributed by atoms with van der Waals surface area (Å²) >= 11 is 0. The first-order valence-corrected chi connectivity index (χ1v) is 7.81. The van der Waals surface area contributed by atoms with Crippen molar-refractivity contribution in [2.45, 2.75) is 20.0 Å². The average molecular weight is 330 g/mol. The Morgan fingerprint density at radius 3 is 2.21 bits per heavy atom. The Morgan fingerprint density at radius 2 is 1.67 bits per heavy atom. The van der Waals surface area contributed by atoms with Gasteiger partial charge >= 0.3 is 5.97 Å². The van der Waals surface area contributed by atoms with Crippen molar-refractivity contribution < 1.29 is 24.1 Å². The van der Waals surface area contributed by atoms with Gasteiger partial charge in [-0.1, -0.05) is 30.8 Å². The van der Waals surface area contributed by atoms with Crippen LogP contribution in [0.2, 0.25) is 0 Å². The maximum absolute atomic E-state index is 11.3. The molecule has 0 amide bonds. The van der Waals surface area contributed by atoms with E-state index in [-0.39, 0.29) is 13.2 Å². The third-order valence-corrected chi connectivity index (χ3v) is 3.33. The minimum atomic E-state index is -0.918. The first-order chi connectivity index (χ1) is 11.5. The van der Waals surface area contributed by atoms with Crippen LogP contribution in [0.4, 0.5) is 0 Å². The molecule has 0 radical (unpaired) electrons. The second-order valence-corrected chi connectivity index (χ2v) is 5.38. The molecule has 5 nitrogen and oxygen atoms in total. The number of rotatable bonds is 8. The van der Waals surface area contributed by atoms with Crippen molar-refractivity contribution in [3.8, 4) is 11.5 Å². The number of carbonyl (C=O) groups is 1. The largest absolute Gasteiger partial charge is 0.493 e. The van der Waals surface area contributed by atoms with Crippen molar-refractivity contribution in [3.05, 3.63) is 48.6 Å². The van der Waals surface area contributed by atoms with Gasteiger partial charge in [-0.2, -0.15) is 0 Å². The molecule has 0 heterocycles. The molecule has 0 aliphatic heterocycles. The summed E-state index contributed by atoms with van der Waals surface area (Å²) in [4.78, 5) is 11.3. The summed E-state index contributed by atoms with van der Waals surface area (Å²) in [7, 11) is 0. The lowest BCUT2D eigenvalue weighted by Crippen LogP contribution is -2.25. The van der Waals surface area contributed by atoms with E-state index in [9.17, 15) is 9.90 Å². The molecule has 2 aromatic rings. The third-order valence-electron chi connectivity index (χ3n) is 3.33. The van der Waals surface area contributed by atoms with E-state index in [1.54, 1.807) is 13.0 Å². The quantitative estimate of drug-likeness (QED) is 0.595. The van der Waals surface area contributed by atoms with Gasteiger partial charge in [0.1, 0.15) is 30.8 Å². The number of esters is 1. The number of hydrogen-bond acceptors (Lipinski definition) is 5. The molecule has 2 aromatic carbocycles. The molecular formula is C19H22O5. The summed E-state index contributed by atoms with van der Waals surface area (Å²) in [6.07, 6.45) is -0.918. The monoisotopic (exact) mass is 330 g/mol. The lowest BCUT2D eigenvalue weighted by molar-refractivity contribution is -0.142. The van der Waals surface area contributed by atoms with E-state index in [0.717, 1.165) is 16.5 Å². The molecule has 0 aromatic heterocycles. The van der Waals surface area contributed by atoms with E-state index in [1.165, 1.54) is 0 Å². The molecule has 0 saturated heterocycles. The minimum absolute atomic E-state index is 0.0153. The smallest absolute Gasteiger partial charge is 0.333 e. The topological polar surface area (TPSA) is 65.0 Å². The van der Waals surface area contributed by atoms with E-state index in [0.29, 0.717) is 17.9 Å². The van der Waals surface area contributed by atoms with E-state index in [2.05, 4.69) is 6.58 Å². The van der Waals surface area contributed by atoms with Crippen LogP contribution >= 0.6 is 0 Å². The van der Waals surface area contributed by atoms with Crippen LogP contribution < -0.4 is 9.47 Å². The van der Waals surface area contributed by atoms with Gasteiger partial charge < -0.3 is 19.3 Å². The lowest BCUT2D eigenvalue weighted by Gasteiger charge is -2.15. The molecular weight excluding hydrogens is 308 g/mol. The van der Waals surface area contributed by atoms with Crippen LogP contribution in [-0.2, 0) is 9.53 Å². The van der Waals surface area contributed by atoms with Crippen molar-refractivity contribution in [1.82, 2.24) is 0 Å². The number of benzene rings is 2. The molecule has 1 atom stereocenters. The van der Waals surface area contributed by atoms with Crippen molar-refractivity contribution in [2.24, 2.45) is 0 Å². The van der Waals surface area contributed by atoms with Crippen LogP contribution in [0, 0.1) is 0 Å². The van der Waals surface area contributed by atoms with Gasteiger partial charge in [-0.3, -0.25) is 0 Å². The average Bonchev–Trinajstić information content (AvgIpc) is 2.59. The van der Waals surface area contributed by atoms with E-state index in [1.807, 2.05) is 37.3 Å². The maximum atomic E-state index is 11.3. The van der Waals surface area contributed by atoms with Crippen molar-refractivity contribution >= 4 is 16.7 Å². The SMILES string of the molecule is C=C(C)C(=O)OCC(O)COc1ccc(OCC)c2ccccc12. The number of aliphatic hydroxyl groups is 1. The van der Waals surface area contributed by atoms with Gasteiger partial charge in [-0.05, 0) is 26.0 Å². The molecule has 0 aliphatic rings. The summed E-state index contributed by atoms with van der Waals surface area (Å²) in [5, 5.41) is 11.7. The zero-order valence-electron chi connectivity index (χ0n) is 14.0. The van der Waals surface area contributed by atoms with Crippen molar-refractivity contribution in [1.29, 1.82) is 0 Å². The molecule has 0 aliphatic carbocycles. The van der Waals surface area contributed by atoms with E-state index in [4.69, 9.17) is 14.2 Å². The summed E-state index contributed by atoms with van der Waals surface area (Å²) < 4.78 is 16.2. The highest BCUT2D eigenvalue weighted by Crippen LogP contribution is 2.33. The highest BCUT2D eigenvalue weighted by Gasteiger charge is 2.12. The van der Waals surface area contributed by atoms with Crippen LogP contribution in [0.15, 0.2) is 48.6 Å². The first-order valence-electron chi connectivity index (χ1n) is 7.81. The molecule has 0 saturated carbocycles. The molecule has 24 heavy (non-hydrogen) atoms. The van der Waals surface area contributed by atoms with Gasteiger partial charge in [0.15, 0.2) is 0 Å². The molecule has 0 fully saturated rings. The molecule has 128 valence electrons. The van der Waals surface area contributed by atoms with Gasteiger partial charge in [-0.25, -0.2) is 4.79 Å². The van der Waals surface area contributed by atoms with E-state index >= 15 is 0 Å². The minimum Gasteiger partial charge on any atom is -0.493 e. The van der Waals surface area contributed by atoms with Crippen LogP contribution in [-0.4, -0.2) is 37.0 Å². The van der Waals surface area contributed by atoms with Gasteiger partial charge in [0.2, 0.25) is 0 Å². The summed E-state index contributed by atoms with van der Waals surface area (Å²) in [5.41, 5.74) is 0.292. The van der Waals surface area contributed by atoms with Crippen LogP contribution in [0.1, 0.15) is 13.8 Å². The van der Waals surface area contributed by atoms with Crippen molar-refractivity contribution in [2.75, 3.05) is 19.8 Å². The fourth-order valence-corrected chi connectivity index (χ4v) is 2.18. The Labute approximate surface area is 141 Å². The maximum Gasteiger partial charge on any atom is 0.333 e. The fraction of sp³-hybridized carbons (Fsp3) is 0.316. The standard InChI is InChI=1S/C19H22O5/c1-4-22-17-9-10-18(16-8-6-5-7-15(16)17)23-11-14(20)12-24-19(21)13(2)3/h5-10,14,20H,2,4,11-12H2,1,3H3. The van der Waals surface area contributed by atoms with Gasteiger partial charge in [0.25, 0.3) is 0 Å². The molecule has 2 rings (SSSR count). The summed E-state index contributed by atoms with van der Waals surface area (Å²) in [6.45, 7) is 7.43. The predicted molar refractivity (Wildman–Crippen MR) is 92.4 cm³/mol.